The van der Waals surface area contributed by atoms with Crippen LogP contribution in [0.25, 0.3) is 0 Å². The third-order valence-corrected chi connectivity index (χ3v) is 6.57. The molecule has 0 spiro atoms. The fourth-order valence-electron chi connectivity index (χ4n) is 3.90. The van der Waals surface area contributed by atoms with Gasteiger partial charge in [0.05, 0.1) is 10.4 Å². The van der Waals surface area contributed by atoms with Gasteiger partial charge in [0.15, 0.2) is 5.76 Å². The van der Waals surface area contributed by atoms with Gasteiger partial charge in [-0.2, -0.15) is 0 Å². The molecule has 2 amide bonds. The number of rotatable bonds is 4. The molecule has 2 aromatic heterocycles. The highest BCUT2D eigenvalue weighted by Gasteiger charge is 2.43. The zero-order valence-electron chi connectivity index (χ0n) is 14.9. The van der Waals surface area contributed by atoms with Crippen molar-refractivity contribution in [1.29, 1.82) is 0 Å². The fourth-order valence-corrected chi connectivity index (χ4v) is 4.80. The molecular formula is C19H20F2N2O3S. The van der Waals surface area contributed by atoms with Crippen molar-refractivity contribution in [2.45, 2.75) is 44.7 Å². The van der Waals surface area contributed by atoms with Gasteiger partial charge < -0.3 is 14.2 Å². The fraction of sp³-hybridized carbons (Fsp3) is 0.474. The number of piperidine rings is 2. The quantitative estimate of drug-likeness (QED) is 0.789. The van der Waals surface area contributed by atoms with Crippen molar-refractivity contribution < 1.29 is 22.8 Å². The number of carbonyl (C=O) groups is 2. The van der Waals surface area contributed by atoms with Crippen LogP contribution in [-0.2, 0) is 6.42 Å². The summed E-state index contributed by atoms with van der Waals surface area (Å²) in [7, 11) is 0. The SMILES string of the molecule is CCc1ccc(C(=O)N2CC3CCC2CN3C(=O)c2coc(C(F)F)c2)s1. The van der Waals surface area contributed by atoms with Crippen molar-refractivity contribution in [3.63, 3.8) is 0 Å². The number of halogens is 2. The monoisotopic (exact) mass is 394 g/mol. The lowest BCUT2D eigenvalue weighted by molar-refractivity contribution is -0.00588. The van der Waals surface area contributed by atoms with Gasteiger partial charge in [-0.25, -0.2) is 8.78 Å². The van der Waals surface area contributed by atoms with Crippen LogP contribution in [0.1, 0.15) is 56.9 Å². The molecular weight excluding hydrogens is 374 g/mol. The third kappa shape index (κ3) is 3.26. The first-order valence-corrected chi connectivity index (χ1v) is 9.86. The molecule has 5 heterocycles. The molecule has 0 radical (unpaired) electrons. The molecule has 3 aliphatic heterocycles. The van der Waals surface area contributed by atoms with E-state index in [-0.39, 0.29) is 29.5 Å². The van der Waals surface area contributed by atoms with Crippen molar-refractivity contribution in [3.05, 3.63) is 45.5 Å². The Morgan fingerprint density at radius 3 is 2.37 bits per heavy atom. The molecule has 2 atom stereocenters. The molecule has 0 saturated carbocycles. The second kappa shape index (κ2) is 7.07. The Morgan fingerprint density at radius 1 is 1.19 bits per heavy atom. The number of alkyl halides is 2. The third-order valence-electron chi connectivity index (χ3n) is 5.35. The summed E-state index contributed by atoms with van der Waals surface area (Å²) in [4.78, 5) is 31.1. The van der Waals surface area contributed by atoms with Crippen LogP contribution in [0.5, 0.6) is 0 Å². The number of carbonyl (C=O) groups excluding carboxylic acids is 2. The molecule has 0 aliphatic carbocycles. The van der Waals surface area contributed by atoms with Crippen LogP contribution in [0.4, 0.5) is 8.78 Å². The number of thiophene rings is 1. The molecule has 3 fully saturated rings. The Bertz CT molecular complexity index is 863. The Morgan fingerprint density at radius 2 is 1.85 bits per heavy atom. The standard InChI is InChI=1S/C19H20F2N2O3S/c1-2-14-5-6-16(27-14)19(25)23-9-12-3-4-13(23)8-22(12)18(24)11-7-15(17(20)21)26-10-11/h5-7,10,12-13,17H,2-4,8-9H2,1H3. The van der Waals surface area contributed by atoms with Gasteiger partial charge in [0.2, 0.25) is 0 Å². The van der Waals surface area contributed by atoms with Gasteiger partial charge in [0.25, 0.3) is 18.2 Å². The second-order valence-corrected chi connectivity index (χ2v) is 8.13. The molecule has 3 aliphatic rings. The minimum atomic E-state index is -2.74. The Hall–Kier alpha value is -2.22. The minimum absolute atomic E-state index is 0.0183. The maximum atomic E-state index is 12.9. The van der Waals surface area contributed by atoms with E-state index in [0.717, 1.165) is 36.5 Å². The number of fused-ring (bicyclic) bond motifs is 3. The van der Waals surface area contributed by atoms with Crippen molar-refractivity contribution in [2.75, 3.05) is 13.1 Å². The molecule has 8 heteroatoms. The molecule has 27 heavy (non-hydrogen) atoms. The number of hydrogen-bond acceptors (Lipinski definition) is 4. The van der Waals surface area contributed by atoms with Crippen LogP contribution in [0.15, 0.2) is 28.9 Å². The van der Waals surface area contributed by atoms with E-state index in [9.17, 15) is 18.4 Å². The Balaban J connectivity index is 1.48. The van der Waals surface area contributed by atoms with E-state index in [0.29, 0.717) is 13.1 Å². The summed E-state index contributed by atoms with van der Waals surface area (Å²) < 4.78 is 30.2. The lowest BCUT2D eigenvalue weighted by Gasteiger charge is -2.51. The van der Waals surface area contributed by atoms with Crippen LogP contribution in [-0.4, -0.2) is 46.8 Å². The predicted molar refractivity (Wildman–Crippen MR) is 96.2 cm³/mol. The van der Waals surface area contributed by atoms with E-state index in [1.54, 1.807) is 4.90 Å². The lowest BCUT2D eigenvalue weighted by Crippen LogP contribution is -2.65. The van der Waals surface area contributed by atoms with Crippen LogP contribution < -0.4 is 0 Å². The summed E-state index contributed by atoms with van der Waals surface area (Å²) in [6.07, 6.45) is 0.908. The molecule has 3 saturated heterocycles. The molecule has 0 N–H and O–H groups in total. The van der Waals surface area contributed by atoms with E-state index in [2.05, 4.69) is 6.92 Å². The minimum Gasteiger partial charge on any atom is -0.462 e. The van der Waals surface area contributed by atoms with Crippen molar-refractivity contribution in [2.24, 2.45) is 0 Å². The molecule has 2 bridgehead atoms. The topological polar surface area (TPSA) is 53.8 Å². The summed E-state index contributed by atoms with van der Waals surface area (Å²) in [5, 5.41) is 0. The zero-order valence-corrected chi connectivity index (χ0v) is 15.7. The maximum Gasteiger partial charge on any atom is 0.295 e. The van der Waals surface area contributed by atoms with Gasteiger partial charge in [0, 0.05) is 30.1 Å². The number of aryl methyl sites for hydroxylation is 1. The largest absolute Gasteiger partial charge is 0.462 e. The van der Waals surface area contributed by atoms with Crippen LogP contribution in [0, 0.1) is 0 Å². The number of piperazine rings is 1. The van der Waals surface area contributed by atoms with E-state index < -0.39 is 12.2 Å². The van der Waals surface area contributed by atoms with Gasteiger partial charge in [-0.15, -0.1) is 11.3 Å². The average Bonchev–Trinajstić information content (AvgIpc) is 3.36. The normalized spacial score (nSPS) is 21.9. The molecule has 144 valence electrons. The van der Waals surface area contributed by atoms with Gasteiger partial charge in [-0.05, 0) is 37.5 Å². The highest BCUT2D eigenvalue weighted by Crippen LogP contribution is 2.33. The lowest BCUT2D eigenvalue weighted by atomic mass is 9.90. The number of furan rings is 1. The van der Waals surface area contributed by atoms with Crippen LogP contribution >= 0.6 is 11.3 Å². The van der Waals surface area contributed by atoms with Crippen LogP contribution in [0.2, 0.25) is 0 Å². The number of amides is 2. The molecule has 2 aromatic rings. The van der Waals surface area contributed by atoms with Gasteiger partial charge in [-0.3, -0.25) is 9.59 Å². The Labute approximate surface area is 159 Å². The molecule has 5 rings (SSSR count). The van der Waals surface area contributed by atoms with E-state index in [1.165, 1.54) is 16.2 Å². The molecule has 0 aromatic carbocycles. The number of nitrogens with zero attached hydrogens (tertiary/aromatic N) is 2. The predicted octanol–water partition coefficient (Wildman–Crippen LogP) is 3.97. The summed E-state index contributed by atoms with van der Waals surface area (Å²) in [5.74, 6) is -0.789. The second-order valence-electron chi connectivity index (χ2n) is 6.96. The smallest absolute Gasteiger partial charge is 0.295 e. The van der Waals surface area contributed by atoms with Gasteiger partial charge in [0.1, 0.15) is 6.26 Å². The van der Waals surface area contributed by atoms with E-state index in [1.807, 2.05) is 17.0 Å². The molecule has 5 nitrogen and oxygen atoms in total. The maximum absolute atomic E-state index is 12.9. The Kier molecular flexibility index (Phi) is 4.75. The zero-order chi connectivity index (χ0) is 19.1. The highest BCUT2D eigenvalue weighted by molar-refractivity contribution is 7.14. The van der Waals surface area contributed by atoms with Crippen molar-refractivity contribution in [3.8, 4) is 0 Å². The van der Waals surface area contributed by atoms with Gasteiger partial charge in [-0.1, -0.05) is 6.92 Å². The summed E-state index contributed by atoms with van der Waals surface area (Å²) >= 11 is 1.52. The van der Waals surface area contributed by atoms with Gasteiger partial charge >= 0.3 is 0 Å². The van der Waals surface area contributed by atoms with Crippen molar-refractivity contribution in [1.82, 2.24) is 9.80 Å². The summed E-state index contributed by atoms with van der Waals surface area (Å²) in [5.41, 5.74) is 0.140. The van der Waals surface area contributed by atoms with Crippen molar-refractivity contribution >= 4 is 23.2 Å². The first-order valence-electron chi connectivity index (χ1n) is 9.05. The summed E-state index contributed by atoms with van der Waals surface area (Å²) in [6, 6.07) is 4.82. The number of hydrogen-bond donors (Lipinski definition) is 0. The summed E-state index contributed by atoms with van der Waals surface area (Å²) in [6.45, 7) is 2.96. The van der Waals surface area contributed by atoms with E-state index in [4.69, 9.17) is 4.42 Å². The van der Waals surface area contributed by atoms with E-state index >= 15 is 0 Å². The highest BCUT2D eigenvalue weighted by atomic mass is 32.1. The molecule has 2 unspecified atom stereocenters. The first kappa shape index (κ1) is 18.2. The first-order chi connectivity index (χ1) is 13.0. The average molecular weight is 394 g/mol. The van der Waals surface area contributed by atoms with Crippen LogP contribution in [0.3, 0.4) is 0 Å².